The van der Waals surface area contributed by atoms with E-state index in [4.69, 9.17) is 0 Å². The second-order valence-corrected chi connectivity index (χ2v) is 5.70. The second kappa shape index (κ2) is 7.36. The Labute approximate surface area is 153 Å². The third-order valence-electron chi connectivity index (χ3n) is 3.89. The first-order chi connectivity index (χ1) is 12.8. The minimum Gasteiger partial charge on any atom is -0.435 e. The topological polar surface area (TPSA) is 75.7 Å². The number of nitrogens with one attached hydrogen (secondary N) is 1. The van der Waals surface area contributed by atoms with Gasteiger partial charge in [-0.25, -0.2) is 0 Å². The van der Waals surface area contributed by atoms with Crippen LogP contribution in [0.2, 0.25) is 0 Å². The van der Waals surface area contributed by atoms with Crippen LogP contribution in [-0.2, 0) is 4.79 Å². The summed E-state index contributed by atoms with van der Waals surface area (Å²) in [5.74, 6) is -1.23. The van der Waals surface area contributed by atoms with Gasteiger partial charge in [0.1, 0.15) is 5.75 Å². The molecule has 138 valence electrons. The molecule has 0 bridgehead atoms. The Kier molecular flexibility index (Phi) is 4.98. The molecule has 0 fully saturated rings. The summed E-state index contributed by atoms with van der Waals surface area (Å²) in [6.07, 6.45) is 2.76. The van der Waals surface area contributed by atoms with Gasteiger partial charge >= 0.3 is 6.61 Å². The van der Waals surface area contributed by atoms with Crippen LogP contribution in [0.5, 0.6) is 5.75 Å². The Morgan fingerprint density at radius 2 is 1.74 bits per heavy atom. The van der Waals surface area contributed by atoms with E-state index in [1.807, 2.05) is 0 Å². The second-order valence-electron chi connectivity index (χ2n) is 5.70. The van der Waals surface area contributed by atoms with E-state index < -0.39 is 18.4 Å². The maximum absolute atomic E-state index is 12.1. The highest BCUT2D eigenvalue weighted by Gasteiger charge is 2.32. The summed E-state index contributed by atoms with van der Waals surface area (Å²) in [6, 6.07) is 10.2. The number of benzene rings is 2. The third kappa shape index (κ3) is 4.00. The van der Waals surface area contributed by atoms with Crippen molar-refractivity contribution >= 4 is 29.5 Å². The number of hydrogen-bond acceptors (Lipinski definition) is 4. The zero-order valence-electron chi connectivity index (χ0n) is 14.1. The van der Waals surface area contributed by atoms with Crippen LogP contribution >= 0.6 is 0 Å². The molecule has 27 heavy (non-hydrogen) atoms. The van der Waals surface area contributed by atoms with Gasteiger partial charge < -0.3 is 10.1 Å². The van der Waals surface area contributed by atoms with Crippen LogP contribution in [-0.4, -0.2) is 36.3 Å². The SMILES string of the molecule is CN1C(=O)c2ccc(NC(=O)/C=C/c3ccc(OC(F)F)cc3)cc2C1=O. The Balaban J connectivity index is 1.65. The lowest BCUT2D eigenvalue weighted by Crippen LogP contribution is -2.24. The van der Waals surface area contributed by atoms with Crippen LogP contribution in [0.3, 0.4) is 0 Å². The largest absolute Gasteiger partial charge is 0.435 e. The number of halogens is 2. The molecule has 6 nitrogen and oxygen atoms in total. The van der Waals surface area contributed by atoms with Gasteiger partial charge in [0.2, 0.25) is 5.91 Å². The summed E-state index contributed by atoms with van der Waals surface area (Å²) < 4.78 is 28.4. The number of alkyl halides is 2. The van der Waals surface area contributed by atoms with Gasteiger partial charge in [-0.3, -0.25) is 19.3 Å². The van der Waals surface area contributed by atoms with Crippen molar-refractivity contribution in [1.29, 1.82) is 0 Å². The summed E-state index contributed by atoms with van der Waals surface area (Å²) in [5, 5.41) is 2.60. The first-order valence-corrected chi connectivity index (χ1v) is 7.85. The summed E-state index contributed by atoms with van der Waals surface area (Å²) in [4.78, 5) is 36.8. The zero-order chi connectivity index (χ0) is 19.6. The normalized spacial score (nSPS) is 13.4. The number of carbonyl (C=O) groups excluding carboxylic acids is 3. The predicted octanol–water partition coefficient (Wildman–Crippen LogP) is 3.17. The first kappa shape index (κ1) is 18.2. The van der Waals surface area contributed by atoms with Crippen LogP contribution in [0.1, 0.15) is 26.3 Å². The molecular weight excluding hydrogens is 358 g/mol. The number of fused-ring (bicyclic) bond motifs is 1. The summed E-state index contributed by atoms with van der Waals surface area (Å²) in [5.41, 5.74) is 1.52. The molecule has 0 radical (unpaired) electrons. The third-order valence-corrected chi connectivity index (χ3v) is 3.89. The Bertz CT molecular complexity index is 939. The number of anilines is 1. The van der Waals surface area contributed by atoms with Crippen molar-refractivity contribution in [2.24, 2.45) is 0 Å². The van der Waals surface area contributed by atoms with E-state index in [2.05, 4.69) is 10.1 Å². The maximum Gasteiger partial charge on any atom is 0.387 e. The highest BCUT2D eigenvalue weighted by molar-refractivity contribution is 6.21. The van der Waals surface area contributed by atoms with Gasteiger partial charge in [-0.05, 0) is 42.0 Å². The van der Waals surface area contributed by atoms with E-state index in [0.717, 1.165) is 4.90 Å². The van der Waals surface area contributed by atoms with Crippen LogP contribution in [0.4, 0.5) is 14.5 Å². The molecule has 3 amide bonds. The number of hydrogen-bond donors (Lipinski definition) is 1. The zero-order valence-corrected chi connectivity index (χ0v) is 14.1. The minimum absolute atomic E-state index is 0.0222. The molecule has 0 atom stereocenters. The molecule has 8 heteroatoms. The van der Waals surface area contributed by atoms with Gasteiger partial charge in [-0.1, -0.05) is 12.1 Å². The lowest BCUT2D eigenvalue weighted by atomic mass is 10.1. The fraction of sp³-hybridized carbons (Fsp3) is 0.105. The first-order valence-electron chi connectivity index (χ1n) is 7.85. The standard InChI is InChI=1S/C19H14F2N2O4/c1-23-17(25)14-8-5-12(10-15(14)18(23)26)22-16(24)9-4-11-2-6-13(7-3-11)27-19(20)21/h2-10,19H,1H3,(H,22,24)/b9-4+. The molecule has 0 spiro atoms. The lowest BCUT2D eigenvalue weighted by Gasteiger charge is -2.04. The number of imide groups is 1. The van der Waals surface area contributed by atoms with E-state index in [-0.39, 0.29) is 17.2 Å². The molecule has 2 aromatic rings. The van der Waals surface area contributed by atoms with E-state index >= 15 is 0 Å². The van der Waals surface area contributed by atoms with Crippen LogP contribution in [0.25, 0.3) is 6.08 Å². The summed E-state index contributed by atoms with van der Waals surface area (Å²) >= 11 is 0. The van der Waals surface area contributed by atoms with E-state index in [9.17, 15) is 23.2 Å². The fourth-order valence-corrected chi connectivity index (χ4v) is 2.56. The molecular formula is C19H14F2N2O4. The highest BCUT2D eigenvalue weighted by Crippen LogP contribution is 2.24. The quantitative estimate of drug-likeness (QED) is 0.646. The van der Waals surface area contributed by atoms with Crippen molar-refractivity contribution in [3.8, 4) is 5.75 Å². The molecule has 1 aliphatic heterocycles. The Morgan fingerprint density at radius 1 is 1.07 bits per heavy atom. The molecule has 1 heterocycles. The van der Waals surface area contributed by atoms with Gasteiger partial charge in [0.05, 0.1) is 11.1 Å². The van der Waals surface area contributed by atoms with Gasteiger partial charge in [-0.2, -0.15) is 8.78 Å². The van der Waals surface area contributed by atoms with Gasteiger partial charge in [0.15, 0.2) is 0 Å². The van der Waals surface area contributed by atoms with Gasteiger partial charge in [0, 0.05) is 18.8 Å². The Morgan fingerprint density at radius 3 is 2.41 bits per heavy atom. The van der Waals surface area contributed by atoms with Crippen LogP contribution in [0.15, 0.2) is 48.5 Å². The molecule has 0 saturated heterocycles. The number of amides is 3. The lowest BCUT2D eigenvalue weighted by molar-refractivity contribution is -0.111. The molecule has 0 aromatic heterocycles. The van der Waals surface area contributed by atoms with Crippen LogP contribution < -0.4 is 10.1 Å². The monoisotopic (exact) mass is 372 g/mol. The average molecular weight is 372 g/mol. The summed E-state index contributed by atoms with van der Waals surface area (Å²) in [7, 11) is 1.39. The number of nitrogens with zero attached hydrogens (tertiary/aromatic N) is 1. The van der Waals surface area contributed by atoms with E-state index in [0.29, 0.717) is 16.8 Å². The van der Waals surface area contributed by atoms with Crippen molar-refractivity contribution in [1.82, 2.24) is 4.90 Å². The van der Waals surface area contributed by atoms with Crippen molar-refractivity contribution < 1.29 is 27.9 Å². The molecule has 1 aliphatic rings. The minimum atomic E-state index is -2.90. The highest BCUT2D eigenvalue weighted by atomic mass is 19.3. The van der Waals surface area contributed by atoms with Gasteiger partial charge in [0.25, 0.3) is 11.8 Å². The number of carbonyl (C=O) groups is 3. The van der Waals surface area contributed by atoms with Crippen molar-refractivity contribution in [2.75, 3.05) is 12.4 Å². The molecule has 1 N–H and O–H groups in total. The van der Waals surface area contributed by atoms with Gasteiger partial charge in [-0.15, -0.1) is 0 Å². The molecule has 0 aliphatic carbocycles. The molecule has 0 unspecified atom stereocenters. The fourth-order valence-electron chi connectivity index (χ4n) is 2.56. The average Bonchev–Trinajstić information content (AvgIpc) is 2.85. The smallest absolute Gasteiger partial charge is 0.387 e. The van der Waals surface area contributed by atoms with Crippen molar-refractivity contribution in [3.63, 3.8) is 0 Å². The van der Waals surface area contributed by atoms with E-state index in [1.165, 1.54) is 61.7 Å². The van der Waals surface area contributed by atoms with Crippen molar-refractivity contribution in [2.45, 2.75) is 6.61 Å². The number of rotatable bonds is 5. The number of ether oxygens (including phenoxy) is 1. The molecule has 2 aromatic carbocycles. The Hall–Kier alpha value is -3.55. The maximum atomic E-state index is 12.1. The molecule has 0 saturated carbocycles. The van der Waals surface area contributed by atoms with Crippen LogP contribution in [0, 0.1) is 0 Å². The molecule has 3 rings (SSSR count). The van der Waals surface area contributed by atoms with Crippen molar-refractivity contribution in [3.05, 3.63) is 65.2 Å². The summed E-state index contributed by atoms with van der Waals surface area (Å²) in [6.45, 7) is -2.90. The predicted molar refractivity (Wildman–Crippen MR) is 93.6 cm³/mol. The van der Waals surface area contributed by atoms with E-state index in [1.54, 1.807) is 0 Å².